The van der Waals surface area contributed by atoms with Gasteiger partial charge in [-0.05, 0) is 31.5 Å². The molecule has 4 rings (SSSR count). The van der Waals surface area contributed by atoms with Gasteiger partial charge in [0, 0.05) is 37.4 Å². The van der Waals surface area contributed by atoms with Crippen molar-refractivity contribution in [2.75, 3.05) is 13.1 Å². The third-order valence-electron chi connectivity index (χ3n) is 5.77. The van der Waals surface area contributed by atoms with Crippen molar-refractivity contribution in [2.24, 2.45) is 13.0 Å². The van der Waals surface area contributed by atoms with Crippen LogP contribution in [0.3, 0.4) is 0 Å². The van der Waals surface area contributed by atoms with Crippen LogP contribution in [0.15, 0.2) is 48.7 Å². The van der Waals surface area contributed by atoms with E-state index in [-0.39, 0.29) is 18.4 Å². The molecule has 0 radical (unpaired) electrons. The number of hydrogen-bond donors (Lipinski definition) is 1. The predicted molar refractivity (Wildman–Crippen MR) is 108 cm³/mol. The van der Waals surface area contributed by atoms with Crippen molar-refractivity contribution < 1.29 is 14.7 Å². The molecule has 2 unspecified atom stereocenters. The van der Waals surface area contributed by atoms with Crippen molar-refractivity contribution in [3.63, 3.8) is 0 Å². The van der Waals surface area contributed by atoms with Crippen LogP contribution < -0.4 is 0 Å². The van der Waals surface area contributed by atoms with Gasteiger partial charge in [0.1, 0.15) is 11.4 Å². The van der Waals surface area contributed by atoms with Crippen LogP contribution in [-0.2, 0) is 11.8 Å². The molecule has 7 heteroatoms. The van der Waals surface area contributed by atoms with Crippen LogP contribution in [-0.4, -0.2) is 49.3 Å². The van der Waals surface area contributed by atoms with Crippen molar-refractivity contribution in [1.29, 1.82) is 0 Å². The maximum atomic E-state index is 13.4. The molecule has 0 bridgehead atoms. The van der Waals surface area contributed by atoms with E-state index < -0.39 is 11.9 Å². The number of benzene rings is 1. The second-order valence-corrected chi connectivity index (χ2v) is 7.63. The molecule has 3 aromatic rings. The molecule has 3 heterocycles. The zero-order chi connectivity index (χ0) is 20.7. The lowest BCUT2D eigenvalue weighted by molar-refractivity contribution is -0.141. The number of carbonyl (C=O) groups is 2. The minimum Gasteiger partial charge on any atom is -0.481 e. The van der Waals surface area contributed by atoms with Crippen molar-refractivity contribution in [3.05, 3.63) is 71.2 Å². The van der Waals surface area contributed by atoms with Gasteiger partial charge >= 0.3 is 5.97 Å². The fraction of sp³-hybridized carbons (Fsp3) is 0.318. The van der Waals surface area contributed by atoms with Crippen molar-refractivity contribution in [3.8, 4) is 5.82 Å². The number of rotatable bonds is 4. The van der Waals surface area contributed by atoms with Gasteiger partial charge in [0.2, 0.25) is 0 Å². The van der Waals surface area contributed by atoms with Crippen LogP contribution in [0.5, 0.6) is 0 Å². The number of carbonyl (C=O) groups excluding carboxylic acids is 1. The average molecular weight is 392 g/mol. The third kappa shape index (κ3) is 3.22. The quantitative estimate of drug-likeness (QED) is 0.740. The Balaban J connectivity index is 1.69. The van der Waals surface area contributed by atoms with Crippen LogP contribution in [0.2, 0.25) is 0 Å². The number of aryl methyl sites for hydroxylation is 3. The van der Waals surface area contributed by atoms with Gasteiger partial charge in [-0.15, -0.1) is 0 Å². The summed E-state index contributed by atoms with van der Waals surface area (Å²) in [5.41, 5.74) is 3.44. The number of aromatic nitrogens is 3. The summed E-state index contributed by atoms with van der Waals surface area (Å²) < 4.78 is 3.69. The number of amides is 1. The summed E-state index contributed by atoms with van der Waals surface area (Å²) in [5.74, 6) is -1.22. The largest absolute Gasteiger partial charge is 0.481 e. The van der Waals surface area contributed by atoms with E-state index >= 15 is 0 Å². The Morgan fingerprint density at radius 2 is 1.69 bits per heavy atom. The lowest BCUT2D eigenvalue weighted by Crippen LogP contribution is -2.30. The molecule has 0 saturated carbocycles. The van der Waals surface area contributed by atoms with E-state index in [4.69, 9.17) is 0 Å². The lowest BCUT2D eigenvalue weighted by Gasteiger charge is -2.18. The topological polar surface area (TPSA) is 80.4 Å². The molecule has 1 N–H and O–H groups in total. The first-order valence-corrected chi connectivity index (χ1v) is 9.62. The third-order valence-corrected chi connectivity index (χ3v) is 5.77. The molecular weight excluding hydrogens is 368 g/mol. The Kier molecular flexibility index (Phi) is 4.74. The zero-order valence-electron chi connectivity index (χ0n) is 16.7. The van der Waals surface area contributed by atoms with Gasteiger partial charge in [0.25, 0.3) is 5.91 Å². The Morgan fingerprint density at radius 3 is 2.31 bits per heavy atom. The number of nitrogens with zero attached hydrogens (tertiary/aromatic N) is 4. The normalized spacial score (nSPS) is 18.9. The SMILES string of the molecule is Cc1ccc(C)n1-c1c(C(=O)N2CC(C(=O)O)C(c3ccccc3)C2)cnn1C. The summed E-state index contributed by atoms with van der Waals surface area (Å²) in [4.78, 5) is 26.9. The highest BCUT2D eigenvalue weighted by Crippen LogP contribution is 2.34. The van der Waals surface area contributed by atoms with Crippen LogP contribution in [0.4, 0.5) is 0 Å². The summed E-state index contributed by atoms with van der Waals surface area (Å²) in [6.45, 7) is 4.52. The lowest BCUT2D eigenvalue weighted by atomic mass is 9.89. The van der Waals surface area contributed by atoms with Crippen molar-refractivity contribution >= 4 is 11.9 Å². The second kappa shape index (κ2) is 7.24. The number of carboxylic acid groups (broad SMARTS) is 1. The van der Waals surface area contributed by atoms with Gasteiger partial charge in [-0.25, -0.2) is 0 Å². The van der Waals surface area contributed by atoms with Crippen LogP contribution in [0.25, 0.3) is 5.82 Å². The molecule has 2 aromatic heterocycles. The molecule has 0 spiro atoms. The van der Waals surface area contributed by atoms with Crippen LogP contribution in [0, 0.1) is 19.8 Å². The molecule has 1 amide bonds. The maximum Gasteiger partial charge on any atom is 0.308 e. The molecule has 29 heavy (non-hydrogen) atoms. The van der Waals surface area contributed by atoms with Gasteiger partial charge in [0.05, 0.1) is 12.1 Å². The Labute approximate surface area is 169 Å². The van der Waals surface area contributed by atoms with E-state index in [9.17, 15) is 14.7 Å². The minimum atomic E-state index is -0.877. The monoisotopic (exact) mass is 392 g/mol. The molecular formula is C22H24N4O3. The molecule has 7 nitrogen and oxygen atoms in total. The summed E-state index contributed by atoms with van der Waals surface area (Å²) in [7, 11) is 1.81. The van der Waals surface area contributed by atoms with Gasteiger partial charge in [0.15, 0.2) is 0 Å². The Bertz CT molecular complexity index is 1050. The maximum absolute atomic E-state index is 13.4. The van der Waals surface area contributed by atoms with Crippen molar-refractivity contribution in [1.82, 2.24) is 19.2 Å². The molecule has 1 aliphatic rings. The predicted octanol–water partition coefficient (Wildman–Crippen LogP) is 2.77. The summed E-state index contributed by atoms with van der Waals surface area (Å²) in [6, 6.07) is 13.6. The van der Waals surface area contributed by atoms with E-state index in [1.54, 1.807) is 15.8 Å². The standard InChI is InChI=1S/C22H24N4O3/c1-14-9-10-15(2)26(14)20-17(11-23-24(20)3)21(27)25-12-18(19(13-25)22(28)29)16-7-5-4-6-8-16/h4-11,18-19H,12-13H2,1-3H3,(H,28,29). The highest BCUT2D eigenvalue weighted by Gasteiger charge is 2.41. The average Bonchev–Trinajstić information content (AvgIpc) is 3.40. The van der Waals surface area contributed by atoms with E-state index in [0.29, 0.717) is 17.9 Å². The first kappa shape index (κ1) is 19.0. The summed E-state index contributed by atoms with van der Waals surface area (Å²) >= 11 is 0. The highest BCUT2D eigenvalue weighted by molar-refractivity contribution is 5.98. The fourth-order valence-electron chi connectivity index (χ4n) is 4.28. The van der Waals surface area contributed by atoms with Crippen molar-refractivity contribution in [2.45, 2.75) is 19.8 Å². The molecule has 1 fully saturated rings. The molecule has 1 aliphatic heterocycles. The van der Waals surface area contributed by atoms with E-state index in [1.807, 2.05) is 67.9 Å². The van der Waals surface area contributed by atoms with Crippen LogP contribution >= 0.6 is 0 Å². The van der Waals surface area contributed by atoms with E-state index in [0.717, 1.165) is 17.0 Å². The Hall–Kier alpha value is -3.35. The number of likely N-dealkylation sites (tertiary alicyclic amines) is 1. The van der Waals surface area contributed by atoms with Gasteiger partial charge in [-0.3, -0.25) is 14.3 Å². The molecule has 2 atom stereocenters. The smallest absolute Gasteiger partial charge is 0.308 e. The summed E-state index contributed by atoms with van der Waals surface area (Å²) in [5, 5.41) is 14.0. The second-order valence-electron chi connectivity index (χ2n) is 7.63. The summed E-state index contributed by atoms with van der Waals surface area (Å²) in [6.07, 6.45) is 1.57. The van der Waals surface area contributed by atoms with Crippen LogP contribution in [0.1, 0.15) is 33.2 Å². The minimum absolute atomic E-state index is 0.186. The highest BCUT2D eigenvalue weighted by atomic mass is 16.4. The van der Waals surface area contributed by atoms with Gasteiger partial charge < -0.3 is 14.6 Å². The molecule has 0 aliphatic carbocycles. The number of hydrogen-bond acceptors (Lipinski definition) is 3. The molecule has 1 aromatic carbocycles. The molecule has 150 valence electrons. The van der Waals surface area contributed by atoms with E-state index in [1.165, 1.54) is 0 Å². The fourth-order valence-corrected chi connectivity index (χ4v) is 4.28. The number of aliphatic carboxylic acids is 1. The van der Waals surface area contributed by atoms with E-state index in [2.05, 4.69) is 5.10 Å². The molecule has 1 saturated heterocycles. The first-order chi connectivity index (χ1) is 13.9. The van der Waals surface area contributed by atoms with Gasteiger partial charge in [-0.2, -0.15) is 5.10 Å². The Morgan fingerprint density at radius 1 is 1.03 bits per heavy atom. The van der Waals surface area contributed by atoms with Gasteiger partial charge in [-0.1, -0.05) is 30.3 Å². The first-order valence-electron chi connectivity index (χ1n) is 9.62. The number of carboxylic acids is 1. The zero-order valence-corrected chi connectivity index (χ0v) is 16.7.